The molecule has 7 heteroatoms. The van der Waals surface area contributed by atoms with Crippen molar-refractivity contribution in [1.82, 2.24) is 4.90 Å². The Morgan fingerprint density at radius 3 is 2.20 bits per heavy atom. The standard InChI is InChI=1S/C13H18F3N3O/c1-2-3-4-19(8-13(14,15)16)12(20)9-5-10(17)7-11(18)6-9/h5-7H,2-4,8,17-18H2,1H3. The van der Waals surface area contributed by atoms with Crippen LogP contribution in [0.2, 0.25) is 0 Å². The SMILES string of the molecule is CCCCN(CC(F)(F)F)C(=O)c1cc(N)cc(N)c1. The highest BCUT2D eigenvalue weighted by Crippen LogP contribution is 2.20. The molecular weight excluding hydrogens is 271 g/mol. The number of nitrogen functional groups attached to an aromatic ring is 2. The first-order valence-corrected chi connectivity index (χ1v) is 6.25. The highest BCUT2D eigenvalue weighted by molar-refractivity contribution is 5.96. The average Bonchev–Trinajstić information content (AvgIpc) is 2.31. The average molecular weight is 289 g/mol. The van der Waals surface area contributed by atoms with E-state index in [1.165, 1.54) is 18.2 Å². The number of amides is 1. The van der Waals surface area contributed by atoms with Gasteiger partial charge in [0.1, 0.15) is 6.54 Å². The minimum absolute atomic E-state index is 0.0452. The van der Waals surface area contributed by atoms with Gasteiger partial charge < -0.3 is 16.4 Å². The van der Waals surface area contributed by atoms with Crippen LogP contribution in [0.5, 0.6) is 0 Å². The Bertz CT molecular complexity index is 454. The zero-order chi connectivity index (χ0) is 15.3. The summed E-state index contributed by atoms with van der Waals surface area (Å²) in [5, 5.41) is 0. The van der Waals surface area contributed by atoms with Crippen LogP contribution in [0, 0.1) is 0 Å². The van der Waals surface area contributed by atoms with Gasteiger partial charge in [-0.15, -0.1) is 0 Å². The highest BCUT2D eigenvalue weighted by atomic mass is 19.4. The lowest BCUT2D eigenvalue weighted by atomic mass is 10.1. The zero-order valence-corrected chi connectivity index (χ0v) is 11.2. The number of alkyl halides is 3. The van der Waals surface area contributed by atoms with E-state index >= 15 is 0 Å². The second kappa shape index (κ2) is 6.49. The summed E-state index contributed by atoms with van der Waals surface area (Å²) in [5.41, 5.74) is 11.7. The fraction of sp³-hybridized carbons (Fsp3) is 0.462. The molecule has 0 saturated carbocycles. The Morgan fingerprint density at radius 1 is 1.20 bits per heavy atom. The lowest BCUT2D eigenvalue weighted by Crippen LogP contribution is -2.39. The maximum atomic E-state index is 12.5. The molecule has 0 unspecified atom stereocenters. The molecule has 20 heavy (non-hydrogen) atoms. The molecule has 0 radical (unpaired) electrons. The van der Waals surface area contributed by atoms with Crippen molar-refractivity contribution in [3.63, 3.8) is 0 Å². The minimum Gasteiger partial charge on any atom is -0.399 e. The summed E-state index contributed by atoms with van der Waals surface area (Å²) in [6.07, 6.45) is -3.24. The summed E-state index contributed by atoms with van der Waals surface area (Å²) in [6, 6.07) is 4.10. The van der Waals surface area contributed by atoms with E-state index in [0.29, 0.717) is 12.8 Å². The smallest absolute Gasteiger partial charge is 0.399 e. The van der Waals surface area contributed by atoms with Crippen LogP contribution in [0.4, 0.5) is 24.5 Å². The van der Waals surface area contributed by atoms with Crippen molar-refractivity contribution in [2.24, 2.45) is 0 Å². The molecule has 4 nitrogen and oxygen atoms in total. The van der Waals surface area contributed by atoms with Gasteiger partial charge in [-0.2, -0.15) is 13.2 Å². The summed E-state index contributed by atoms with van der Waals surface area (Å²) in [4.78, 5) is 12.9. The van der Waals surface area contributed by atoms with E-state index in [2.05, 4.69) is 0 Å². The van der Waals surface area contributed by atoms with E-state index in [9.17, 15) is 18.0 Å². The molecular formula is C13H18F3N3O. The molecule has 0 aliphatic carbocycles. The van der Waals surface area contributed by atoms with E-state index in [-0.39, 0.29) is 23.5 Å². The molecule has 0 spiro atoms. The second-order valence-electron chi connectivity index (χ2n) is 4.58. The van der Waals surface area contributed by atoms with Gasteiger partial charge in [0.25, 0.3) is 5.91 Å². The number of benzene rings is 1. The summed E-state index contributed by atoms with van der Waals surface area (Å²) >= 11 is 0. The number of nitrogens with zero attached hydrogens (tertiary/aromatic N) is 1. The molecule has 0 bridgehead atoms. The van der Waals surface area contributed by atoms with Gasteiger partial charge in [0, 0.05) is 23.5 Å². The molecule has 1 rings (SSSR count). The molecule has 1 amide bonds. The van der Waals surface area contributed by atoms with Crippen molar-refractivity contribution in [3.05, 3.63) is 23.8 Å². The Balaban J connectivity index is 2.96. The molecule has 0 aliphatic heterocycles. The first-order chi connectivity index (χ1) is 9.23. The number of carbonyl (C=O) groups excluding carboxylic acids is 1. The van der Waals surface area contributed by atoms with Gasteiger partial charge in [-0.05, 0) is 24.6 Å². The lowest BCUT2D eigenvalue weighted by molar-refractivity contribution is -0.140. The summed E-state index contributed by atoms with van der Waals surface area (Å²) < 4.78 is 37.6. The summed E-state index contributed by atoms with van der Waals surface area (Å²) in [6.45, 7) is 0.610. The first kappa shape index (κ1) is 16.1. The Kier molecular flexibility index (Phi) is 5.24. The Morgan fingerprint density at radius 2 is 1.75 bits per heavy atom. The monoisotopic (exact) mass is 289 g/mol. The van der Waals surface area contributed by atoms with Crippen LogP contribution in [-0.2, 0) is 0 Å². The highest BCUT2D eigenvalue weighted by Gasteiger charge is 2.33. The first-order valence-electron chi connectivity index (χ1n) is 6.25. The van der Waals surface area contributed by atoms with E-state index in [1.807, 2.05) is 6.92 Å². The van der Waals surface area contributed by atoms with Crippen molar-refractivity contribution in [1.29, 1.82) is 0 Å². The maximum absolute atomic E-state index is 12.5. The number of hydrogen-bond acceptors (Lipinski definition) is 3. The number of carbonyl (C=O) groups is 1. The fourth-order valence-electron chi connectivity index (χ4n) is 1.80. The predicted octanol–water partition coefficient (Wildman–Crippen LogP) is 2.66. The van der Waals surface area contributed by atoms with Crippen LogP contribution in [0.1, 0.15) is 30.1 Å². The summed E-state index contributed by atoms with van der Waals surface area (Å²) in [7, 11) is 0. The number of anilines is 2. The number of nitrogens with two attached hydrogens (primary N) is 2. The van der Waals surface area contributed by atoms with Crippen LogP contribution in [0.25, 0.3) is 0 Å². The molecule has 1 aromatic carbocycles. The normalized spacial score (nSPS) is 11.4. The van der Waals surface area contributed by atoms with Gasteiger partial charge in [-0.1, -0.05) is 13.3 Å². The van der Waals surface area contributed by atoms with Gasteiger partial charge in [0.15, 0.2) is 0 Å². The van der Waals surface area contributed by atoms with Crippen molar-refractivity contribution < 1.29 is 18.0 Å². The van der Waals surface area contributed by atoms with Crippen LogP contribution < -0.4 is 11.5 Å². The zero-order valence-electron chi connectivity index (χ0n) is 11.2. The molecule has 0 aromatic heterocycles. The second-order valence-corrected chi connectivity index (χ2v) is 4.58. The van der Waals surface area contributed by atoms with E-state index in [0.717, 1.165) is 4.90 Å². The number of rotatable bonds is 5. The molecule has 0 saturated heterocycles. The quantitative estimate of drug-likeness (QED) is 0.818. The molecule has 0 aliphatic rings. The van der Waals surface area contributed by atoms with E-state index in [1.54, 1.807) is 0 Å². The third-order valence-electron chi connectivity index (χ3n) is 2.66. The van der Waals surface area contributed by atoms with Gasteiger partial charge >= 0.3 is 6.18 Å². The van der Waals surface area contributed by atoms with Crippen molar-refractivity contribution in [2.45, 2.75) is 25.9 Å². The molecule has 0 atom stereocenters. The van der Waals surface area contributed by atoms with Crippen molar-refractivity contribution in [2.75, 3.05) is 24.6 Å². The molecule has 4 N–H and O–H groups in total. The van der Waals surface area contributed by atoms with E-state index < -0.39 is 18.6 Å². The Labute approximate surface area is 115 Å². The number of hydrogen-bond donors (Lipinski definition) is 2. The predicted molar refractivity (Wildman–Crippen MR) is 72.1 cm³/mol. The Hall–Kier alpha value is -1.92. The van der Waals surface area contributed by atoms with Crippen molar-refractivity contribution >= 4 is 17.3 Å². The van der Waals surface area contributed by atoms with Gasteiger partial charge in [-0.3, -0.25) is 4.79 Å². The van der Waals surface area contributed by atoms with Crippen LogP contribution in [0.15, 0.2) is 18.2 Å². The van der Waals surface area contributed by atoms with Gasteiger partial charge in [0.05, 0.1) is 0 Å². The molecule has 112 valence electrons. The maximum Gasteiger partial charge on any atom is 0.406 e. The number of unbranched alkanes of at least 4 members (excludes halogenated alkanes) is 1. The minimum atomic E-state index is -4.44. The van der Waals surface area contributed by atoms with E-state index in [4.69, 9.17) is 11.5 Å². The third-order valence-corrected chi connectivity index (χ3v) is 2.66. The molecule has 1 aromatic rings. The topological polar surface area (TPSA) is 72.3 Å². The fourth-order valence-corrected chi connectivity index (χ4v) is 1.80. The largest absolute Gasteiger partial charge is 0.406 e. The third kappa shape index (κ3) is 4.99. The van der Waals surface area contributed by atoms with Crippen LogP contribution in [0.3, 0.4) is 0 Å². The number of halogens is 3. The van der Waals surface area contributed by atoms with Crippen LogP contribution >= 0.6 is 0 Å². The summed E-state index contributed by atoms with van der Waals surface area (Å²) in [5.74, 6) is -0.713. The van der Waals surface area contributed by atoms with Gasteiger partial charge in [-0.25, -0.2) is 0 Å². The van der Waals surface area contributed by atoms with Crippen molar-refractivity contribution in [3.8, 4) is 0 Å². The van der Waals surface area contributed by atoms with Crippen LogP contribution in [-0.4, -0.2) is 30.1 Å². The lowest BCUT2D eigenvalue weighted by Gasteiger charge is -2.24. The van der Waals surface area contributed by atoms with Gasteiger partial charge in [0.2, 0.25) is 0 Å². The molecule has 0 heterocycles. The molecule has 0 fully saturated rings.